The van der Waals surface area contributed by atoms with Crippen LogP contribution in [0, 0.1) is 20.8 Å². The summed E-state index contributed by atoms with van der Waals surface area (Å²) in [7, 11) is 1.56. The third kappa shape index (κ3) is 4.02. The van der Waals surface area contributed by atoms with Crippen molar-refractivity contribution in [3.63, 3.8) is 0 Å². The topological polar surface area (TPSA) is 58.6 Å². The van der Waals surface area contributed by atoms with Gasteiger partial charge in [0, 0.05) is 11.3 Å². The van der Waals surface area contributed by atoms with Crippen molar-refractivity contribution in [1.82, 2.24) is 4.90 Å². The number of para-hydroxylation sites is 1. The number of carbonyl (C=O) groups is 2. The molecule has 3 aromatic carbocycles. The molecule has 0 aliphatic carbocycles. The average Bonchev–Trinajstić information content (AvgIpc) is 3.01. The van der Waals surface area contributed by atoms with E-state index < -0.39 is 0 Å². The number of nitrogens with zero attached hydrogens (tertiary/aromatic N) is 1. The molecule has 5 heteroatoms. The molecule has 1 aliphatic rings. The number of methoxy groups -OCH3 is 1. The van der Waals surface area contributed by atoms with E-state index in [-0.39, 0.29) is 24.1 Å². The number of rotatable bonds is 6. The van der Waals surface area contributed by atoms with E-state index in [9.17, 15) is 9.59 Å². The zero-order chi connectivity index (χ0) is 22.8. The molecule has 162 valence electrons. The molecule has 4 rings (SSSR count). The number of anilines is 1. The highest BCUT2D eigenvalue weighted by Crippen LogP contribution is 2.36. The molecule has 1 N–H and O–H groups in total. The largest absolute Gasteiger partial charge is 0.496 e. The molecular weight excluding hydrogens is 400 g/mol. The maximum Gasteiger partial charge on any atom is 0.278 e. The number of aryl methyl sites for hydroxylation is 3. The first kappa shape index (κ1) is 21.4. The Morgan fingerprint density at radius 2 is 1.53 bits per heavy atom. The number of ether oxygens (including phenoxy) is 1. The van der Waals surface area contributed by atoms with E-state index in [1.54, 1.807) is 19.2 Å². The molecule has 0 atom stereocenters. The van der Waals surface area contributed by atoms with E-state index in [1.807, 2.05) is 75.4 Å². The molecule has 0 radical (unpaired) electrons. The van der Waals surface area contributed by atoms with Gasteiger partial charge < -0.3 is 10.1 Å². The molecule has 0 bridgehead atoms. The van der Waals surface area contributed by atoms with Crippen molar-refractivity contribution in [2.24, 2.45) is 0 Å². The van der Waals surface area contributed by atoms with Crippen LogP contribution in [0.25, 0.3) is 5.57 Å². The van der Waals surface area contributed by atoms with Crippen LogP contribution >= 0.6 is 0 Å². The average molecular weight is 427 g/mol. The summed E-state index contributed by atoms with van der Waals surface area (Å²) < 4.78 is 5.51. The molecule has 0 aromatic heterocycles. The van der Waals surface area contributed by atoms with Crippen molar-refractivity contribution in [3.8, 4) is 5.75 Å². The van der Waals surface area contributed by atoms with Crippen molar-refractivity contribution in [1.29, 1.82) is 0 Å². The minimum Gasteiger partial charge on any atom is -0.496 e. The second-order valence-electron chi connectivity index (χ2n) is 8.08. The third-order valence-corrected chi connectivity index (χ3v) is 5.66. The minimum absolute atomic E-state index is 0.203. The normalized spacial score (nSPS) is 13.7. The molecule has 1 aliphatic heterocycles. The van der Waals surface area contributed by atoms with Gasteiger partial charge in [-0.1, -0.05) is 60.2 Å². The number of benzene rings is 3. The third-order valence-electron chi connectivity index (χ3n) is 5.66. The quantitative estimate of drug-likeness (QED) is 0.563. The van der Waals surface area contributed by atoms with Crippen LogP contribution in [0.1, 0.15) is 27.8 Å². The maximum absolute atomic E-state index is 13.6. The zero-order valence-electron chi connectivity index (χ0n) is 18.7. The van der Waals surface area contributed by atoms with Gasteiger partial charge in [-0.3, -0.25) is 14.5 Å². The molecule has 5 nitrogen and oxygen atoms in total. The first-order chi connectivity index (χ1) is 15.4. The lowest BCUT2D eigenvalue weighted by Crippen LogP contribution is -2.32. The van der Waals surface area contributed by atoms with Crippen LogP contribution in [0.2, 0.25) is 0 Å². The molecular formula is C27H26N2O3. The van der Waals surface area contributed by atoms with Crippen molar-refractivity contribution in [2.75, 3.05) is 12.4 Å². The predicted octanol–water partition coefficient (Wildman–Crippen LogP) is 5.01. The fourth-order valence-electron chi connectivity index (χ4n) is 3.82. The second kappa shape index (κ2) is 8.71. The van der Waals surface area contributed by atoms with E-state index in [0.717, 1.165) is 27.9 Å². The van der Waals surface area contributed by atoms with E-state index in [4.69, 9.17) is 4.74 Å². The molecule has 0 saturated carbocycles. The Morgan fingerprint density at radius 1 is 0.844 bits per heavy atom. The lowest BCUT2D eigenvalue weighted by molar-refractivity contribution is -0.137. The summed E-state index contributed by atoms with van der Waals surface area (Å²) in [5.41, 5.74) is 6.03. The van der Waals surface area contributed by atoms with Crippen LogP contribution in [-0.2, 0) is 16.1 Å². The molecule has 3 aromatic rings. The van der Waals surface area contributed by atoms with Crippen molar-refractivity contribution in [3.05, 3.63) is 100 Å². The zero-order valence-corrected chi connectivity index (χ0v) is 18.7. The van der Waals surface area contributed by atoms with Gasteiger partial charge in [-0.2, -0.15) is 0 Å². The van der Waals surface area contributed by atoms with Crippen LogP contribution < -0.4 is 10.1 Å². The van der Waals surface area contributed by atoms with Gasteiger partial charge in [-0.05, 0) is 49.6 Å². The number of imide groups is 1. The Morgan fingerprint density at radius 3 is 2.25 bits per heavy atom. The van der Waals surface area contributed by atoms with Crippen molar-refractivity contribution in [2.45, 2.75) is 27.3 Å². The van der Waals surface area contributed by atoms with Gasteiger partial charge in [0.1, 0.15) is 11.4 Å². The number of amides is 2. The van der Waals surface area contributed by atoms with Crippen LogP contribution in [0.15, 0.2) is 72.4 Å². The number of hydrogen-bond donors (Lipinski definition) is 1. The fourth-order valence-corrected chi connectivity index (χ4v) is 3.82. The molecule has 0 fully saturated rings. The maximum atomic E-state index is 13.6. The molecule has 0 unspecified atom stereocenters. The predicted molar refractivity (Wildman–Crippen MR) is 126 cm³/mol. The highest BCUT2D eigenvalue weighted by atomic mass is 16.5. The van der Waals surface area contributed by atoms with Gasteiger partial charge in [0.05, 0.1) is 19.2 Å². The molecule has 2 amide bonds. The Kier molecular flexibility index (Phi) is 5.82. The summed E-state index contributed by atoms with van der Waals surface area (Å²) in [4.78, 5) is 28.4. The van der Waals surface area contributed by atoms with Gasteiger partial charge in [0.2, 0.25) is 0 Å². The van der Waals surface area contributed by atoms with E-state index >= 15 is 0 Å². The Bertz CT molecular complexity index is 1230. The minimum atomic E-state index is -0.350. The Balaban J connectivity index is 1.80. The number of hydrogen-bond acceptors (Lipinski definition) is 4. The molecule has 0 spiro atoms. The summed E-state index contributed by atoms with van der Waals surface area (Å²) in [6.45, 7) is 6.17. The second-order valence-corrected chi connectivity index (χ2v) is 8.08. The van der Waals surface area contributed by atoms with Crippen LogP contribution in [0.5, 0.6) is 5.75 Å². The first-order valence-corrected chi connectivity index (χ1v) is 10.5. The Labute approximate surface area is 188 Å². The molecule has 32 heavy (non-hydrogen) atoms. The van der Waals surface area contributed by atoms with Crippen LogP contribution in [0.4, 0.5) is 5.69 Å². The summed E-state index contributed by atoms with van der Waals surface area (Å²) in [5.74, 6) is -0.147. The molecule has 1 heterocycles. The monoisotopic (exact) mass is 426 g/mol. The summed E-state index contributed by atoms with van der Waals surface area (Å²) in [6, 6.07) is 21.1. The highest BCUT2D eigenvalue weighted by Gasteiger charge is 2.40. The SMILES string of the molecule is COc1ccccc1C1=C(Nc2cc(C)ccc2C)C(=O)N(Cc2ccc(C)cc2)C1=O. The summed E-state index contributed by atoms with van der Waals surface area (Å²) in [6.07, 6.45) is 0. The van der Waals surface area contributed by atoms with Gasteiger partial charge in [0.25, 0.3) is 11.8 Å². The van der Waals surface area contributed by atoms with Crippen LogP contribution in [-0.4, -0.2) is 23.8 Å². The summed E-state index contributed by atoms with van der Waals surface area (Å²) in [5, 5.41) is 3.27. The first-order valence-electron chi connectivity index (χ1n) is 10.5. The summed E-state index contributed by atoms with van der Waals surface area (Å²) >= 11 is 0. The van der Waals surface area contributed by atoms with E-state index in [1.165, 1.54) is 4.90 Å². The number of nitrogens with one attached hydrogen (secondary N) is 1. The number of carbonyl (C=O) groups excluding carboxylic acids is 2. The van der Waals surface area contributed by atoms with E-state index in [2.05, 4.69) is 5.32 Å². The lowest BCUT2D eigenvalue weighted by Gasteiger charge is -2.16. The van der Waals surface area contributed by atoms with Gasteiger partial charge in [0.15, 0.2) is 0 Å². The highest BCUT2D eigenvalue weighted by molar-refractivity contribution is 6.37. The van der Waals surface area contributed by atoms with Gasteiger partial charge >= 0.3 is 0 Å². The standard InChI is InChI=1S/C27H26N2O3/c1-17-10-13-20(14-11-17)16-29-26(30)24(21-7-5-6-8-23(21)32-4)25(27(29)31)28-22-15-18(2)9-12-19(22)3/h5-15,28H,16H2,1-4H3. The van der Waals surface area contributed by atoms with Crippen molar-refractivity contribution >= 4 is 23.1 Å². The Hall–Kier alpha value is -3.86. The van der Waals surface area contributed by atoms with Gasteiger partial charge in [-0.15, -0.1) is 0 Å². The van der Waals surface area contributed by atoms with Gasteiger partial charge in [-0.25, -0.2) is 0 Å². The fraction of sp³-hybridized carbons (Fsp3) is 0.185. The van der Waals surface area contributed by atoms with E-state index in [0.29, 0.717) is 16.9 Å². The lowest BCUT2D eigenvalue weighted by atomic mass is 10.0. The smallest absolute Gasteiger partial charge is 0.278 e. The van der Waals surface area contributed by atoms with Crippen molar-refractivity contribution < 1.29 is 14.3 Å². The van der Waals surface area contributed by atoms with Crippen LogP contribution in [0.3, 0.4) is 0 Å². The molecule has 0 saturated heterocycles.